The summed E-state index contributed by atoms with van der Waals surface area (Å²) in [5.41, 5.74) is 0.678. The van der Waals surface area contributed by atoms with Crippen molar-refractivity contribution in [2.75, 3.05) is 25.1 Å². The Morgan fingerprint density at radius 3 is 2.17 bits per heavy atom. The number of para-hydroxylation sites is 1. The van der Waals surface area contributed by atoms with Crippen LogP contribution in [0.25, 0.3) is 0 Å². The molecule has 0 aliphatic heterocycles. The molecule has 8 heteroatoms. The number of benzene rings is 2. The summed E-state index contributed by atoms with van der Waals surface area (Å²) in [6.07, 6.45) is 2.09. The van der Waals surface area contributed by atoms with Crippen LogP contribution in [0.4, 0.5) is 5.69 Å². The lowest BCUT2D eigenvalue weighted by molar-refractivity contribution is -0.137. The van der Waals surface area contributed by atoms with Crippen LogP contribution < -0.4 is 20.1 Å². The minimum atomic E-state index is -0.591. The van der Waals surface area contributed by atoms with Gasteiger partial charge in [-0.1, -0.05) is 18.2 Å². The highest BCUT2D eigenvalue weighted by atomic mass is 32.1. The molecule has 0 aromatic heterocycles. The second-order valence-corrected chi connectivity index (χ2v) is 5.97. The molecule has 0 unspecified atom stereocenters. The number of ether oxygens (including phenoxy) is 3. The molecule has 29 heavy (non-hydrogen) atoms. The molecule has 152 valence electrons. The number of carbonyl (C=O) groups excluding carboxylic acids is 2. The smallest absolute Gasteiger partial charge is 0.330 e. The predicted molar refractivity (Wildman–Crippen MR) is 114 cm³/mol. The summed E-state index contributed by atoms with van der Waals surface area (Å²) in [5.74, 6) is 0.350. The minimum Gasteiger partial charge on any atom is -0.490 e. The highest BCUT2D eigenvalue weighted by Gasteiger charge is 2.04. The number of anilines is 1. The average Bonchev–Trinajstić information content (AvgIpc) is 2.72. The molecular weight excluding hydrogens is 392 g/mol. The van der Waals surface area contributed by atoms with Crippen LogP contribution in [0.3, 0.4) is 0 Å². The first-order valence-corrected chi connectivity index (χ1v) is 9.35. The molecule has 0 saturated carbocycles. The van der Waals surface area contributed by atoms with Gasteiger partial charge >= 0.3 is 5.97 Å². The number of thiocarbonyl (C=S) groups is 1. The summed E-state index contributed by atoms with van der Waals surface area (Å²) in [6.45, 7) is 2.76. The number of rotatable bonds is 9. The van der Waals surface area contributed by atoms with E-state index in [4.69, 9.17) is 21.7 Å². The van der Waals surface area contributed by atoms with Crippen LogP contribution >= 0.6 is 12.2 Å². The van der Waals surface area contributed by atoms with Crippen molar-refractivity contribution < 1.29 is 23.8 Å². The standard InChI is InChI=1S/C21H22N2O5S/c1-2-26-20(25)13-12-19(24)23-21(29)22-16-8-10-18(11-9-16)28-15-14-27-17-6-4-3-5-7-17/h3-13H,2,14-15H2,1H3,(H2,22,23,24,29). The Hall–Kier alpha value is -3.39. The summed E-state index contributed by atoms with van der Waals surface area (Å²) in [7, 11) is 0. The van der Waals surface area contributed by atoms with Crippen LogP contribution in [-0.4, -0.2) is 36.8 Å². The summed E-state index contributed by atoms with van der Waals surface area (Å²) < 4.78 is 15.9. The molecule has 2 rings (SSSR count). The van der Waals surface area contributed by atoms with Gasteiger partial charge in [0.1, 0.15) is 24.7 Å². The van der Waals surface area contributed by atoms with Gasteiger partial charge in [0.25, 0.3) is 0 Å². The van der Waals surface area contributed by atoms with Crippen molar-refractivity contribution in [3.05, 3.63) is 66.7 Å². The van der Waals surface area contributed by atoms with E-state index in [-0.39, 0.29) is 11.7 Å². The van der Waals surface area contributed by atoms with Gasteiger partial charge in [0, 0.05) is 17.8 Å². The van der Waals surface area contributed by atoms with Crippen LogP contribution in [0.5, 0.6) is 11.5 Å². The van der Waals surface area contributed by atoms with Gasteiger partial charge in [-0.3, -0.25) is 10.1 Å². The van der Waals surface area contributed by atoms with E-state index in [1.165, 1.54) is 0 Å². The zero-order valence-electron chi connectivity index (χ0n) is 15.9. The van der Waals surface area contributed by atoms with E-state index >= 15 is 0 Å². The van der Waals surface area contributed by atoms with Gasteiger partial charge in [-0.25, -0.2) is 4.79 Å². The van der Waals surface area contributed by atoms with Crippen molar-refractivity contribution in [1.29, 1.82) is 0 Å². The predicted octanol–water partition coefficient (Wildman–Crippen LogP) is 3.08. The van der Waals surface area contributed by atoms with Gasteiger partial charge in [0.05, 0.1) is 6.61 Å². The molecule has 0 bridgehead atoms. The third kappa shape index (κ3) is 8.89. The number of nitrogens with one attached hydrogen (secondary N) is 2. The topological polar surface area (TPSA) is 85.9 Å². The summed E-state index contributed by atoms with van der Waals surface area (Å²) in [5, 5.41) is 5.41. The van der Waals surface area contributed by atoms with Crippen molar-refractivity contribution >= 4 is 34.9 Å². The first-order valence-electron chi connectivity index (χ1n) is 8.94. The molecule has 0 aliphatic carbocycles. The first kappa shape index (κ1) is 21.9. The maximum absolute atomic E-state index is 11.7. The van der Waals surface area contributed by atoms with E-state index in [0.717, 1.165) is 17.9 Å². The van der Waals surface area contributed by atoms with Gasteiger partial charge in [-0.15, -0.1) is 0 Å². The largest absolute Gasteiger partial charge is 0.490 e. The highest BCUT2D eigenvalue weighted by Crippen LogP contribution is 2.16. The van der Waals surface area contributed by atoms with E-state index in [9.17, 15) is 9.59 Å². The quantitative estimate of drug-likeness (QED) is 0.282. The van der Waals surface area contributed by atoms with Crippen molar-refractivity contribution in [3.63, 3.8) is 0 Å². The molecule has 0 spiro atoms. The highest BCUT2D eigenvalue weighted by molar-refractivity contribution is 7.80. The Labute approximate surface area is 174 Å². The Balaban J connectivity index is 1.70. The molecule has 2 aromatic carbocycles. The SMILES string of the molecule is CCOC(=O)C=CC(=O)NC(=S)Nc1ccc(OCCOc2ccccc2)cc1. The molecule has 1 amide bonds. The maximum Gasteiger partial charge on any atom is 0.330 e. The fraction of sp³-hybridized carbons (Fsp3) is 0.190. The Morgan fingerprint density at radius 2 is 1.55 bits per heavy atom. The van der Waals surface area contributed by atoms with E-state index in [0.29, 0.717) is 24.7 Å². The van der Waals surface area contributed by atoms with Crippen molar-refractivity contribution in [3.8, 4) is 11.5 Å². The monoisotopic (exact) mass is 414 g/mol. The molecule has 2 N–H and O–H groups in total. The van der Waals surface area contributed by atoms with E-state index in [2.05, 4.69) is 15.4 Å². The van der Waals surface area contributed by atoms with Crippen LogP contribution in [0.2, 0.25) is 0 Å². The van der Waals surface area contributed by atoms with E-state index < -0.39 is 11.9 Å². The normalized spacial score (nSPS) is 10.2. The third-order valence-electron chi connectivity index (χ3n) is 3.37. The molecular formula is C21H22N2O5S. The average molecular weight is 414 g/mol. The van der Waals surface area contributed by atoms with Crippen LogP contribution in [0, 0.1) is 0 Å². The van der Waals surface area contributed by atoms with Crippen LogP contribution in [0.15, 0.2) is 66.7 Å². The number of amides is 1. The number of hydrogen-bond donors (Lipinski definition) is 2. The van der Waals surface area contributed by atoms with Gasteiger partial charge in [0.15, 0.2) is 5.11 Å². The maximum atomic E-state index is 11.7. The van der Waals surface area contributed by atoms with Crippen molar-refractivity contribution in [2.45, 2.75) is 6.92 Å². The lowest BCUT2D eigenvalue weighted by Gasteiger charge is -2.10. The summed E-state index contributed by atoms with van der Waals surface area (Å²) in [6, 6.07) is 16.6. The fourth-order valence-corrected chi connectivity index (χ4v) is 2.34. The van der Waals surface area contributed by atoms with Crippen molar-refractivity contribution in [2.24, 2.45) is 0 Å². The van der Waals surface area contributed by atoms with E-state index in [1.807, 2.05) is 30.3 Å². The Bertz CT molecular complexity index is 838. The number of carbonyl (C=O) groups is 2. The van der Waals surface area contributed by atoms with E-state index in [1.54, 1.807) is 31.2 Å². The summed E-state index contributed by atoms with van der Waals surface area (Å²) >= 11 is 5.07. The molecule has 0 radical (unpaired) electrons. The number of esters is 1. The lowest BCUT2D eigenvalue weighted by Crippen LogP contribution is -2.32. The fourth-order valence-electron chi connectivity index (χ4n) is 2.12. The summed E-state index contributed by atoms with van der Waals surface area (Å²) in [4.78, 5) is 22.9. The molecule has 0 atom stereocenters. The molecule has 0 saturated heterocycles. The van der Waals surface area contributed by atoms with Gasteiger partial charge in [-0.2, -0.15) is 0 Å². The second-order valence-electron chi connectivity index (χ2n) is 5.56. The third-order valence-corrected chi connectivity index (χ3v) is 3.57. The van der Waals surface area contributed by atoms with Gasteiger partial charge < -0.3 is 19.5 Å². The molecule has 2 aromatic rings. The Morgan fingerprint density at radius 1 is 0.931 bits per heavy atom. The zero-order valence-corrected chi connectivity index (χ0v) is 16.7. The van der Waals surface area contributed by atoms with Gasteiger partial charge in [-0.05, 0) is 55.5 Å². The van der Waals surface area contributed by atoms with Crippen molar-refractivity contribution in [1.82, 2.24) is 5.32 Å². The minimum absolute atomic E-state index is 0.105. The molecule has 7 nitrogen and oxygen atoms in total. The van der Waals surface area contributed by atoms with Crippen LogP contribution in [0.1, 0.15) is 6.92 Å². The zero-order chi connectivity index (χ0) is 20.9. The van der Waals surface area contributed by atoms with Crippen LogP contribution in [-0.2, 0) is 14.3 Å². The molecule has 0 aliphatic rings. The molecule has 0 fully saturated rings. The lowest BCUT2D eigenvalue weighted by atomic mass is 10.3. The Kier molecular flexibility index (Phi) is 9.17. The number of hydrogen-bond acceptors (Lipinski definition) is 6. The van der Waals surface area contributed by atoms with Gasteiger partial charge in [0.2, 0.25) is 5.91 Å². The molecule has 0 heterocycles. The first-order chi connectivity index (χ1) is 14.1. The second kappa shape index (κ2) is 12.1.